The number of hydrogen-bond donors (Lipinski definition) is 1. The molecule has 1 fully saturated rings. The van der Waals surface area contributed by atoms with Gasteiger partial charge in [0.2, 0.25) is 5.89 Å². The Hall–Kier alpha value is -2.00. The SMILES string of the molecule is Nc1nnc(-c2noc(CN3CCOCC3)n2)o1. The first-order valence-electron chi connectivity index (χ1n) is 5.53. The Labute approximate surface area is 102 Å². The first-order chi connectivity index (χ1) is 8.81. The van der Waals surface area contributed by atoms with Crippen LogP contribution in [0.1, 0.15) is 5.89 Å². The van der Waals surface area contributed by atoms with E-state index < -0.39 is 0 Å². The molecule has 2 aromatic rings. The van der Waals surface area contributed by atoms with Crippen LogP contribution in [0.2, 0.25) is 0 Å². The Morgan fingerprint density at radius 1 is 1.22 bits per heavy atom. The van der Waals surface area contributed by atoms with Crippen molar-refractivity contribution in [3.8, 4) is 11.7 Å². The van der Waals surface area contributed by atoms with Crippen LogP contribution in [0.3, 0.4) is 0 Å². The largest absolute Gasteiger partial charge is 0.400 e. The van der Waals surface area contributed by atoms with Crippen LogP contribution in [0.25, 0.3) is 11.7 Å². The van der Waals surface area contributed by atoms with Gasteiger partial charge in [-0.25, -0.2) is 0 Å². The summed E-state index contributed by atoms with van der Waals surface area (Å²) >= 11 is 0. The van der Waals surface area contributed by atoms with Crippen molar-refractivity contribution in [1.82, 2.24) is 25.2 Å². The summed E-state index contributed by atoms with van der Waals surface area (Å²) in [6.07, 6.45) is 0. The topological polar surface area (TPSA) is 116 Å². The molecule has 0 amide bonds. The van der Waals surface area contributed by atoms with E-state index >= 15 is 0 Å². The van der Waals surface area contributed by atoms with Gasteiger partial charge in [-0.1, -0.05) is 10.3 Å². The molecule has 1 aliphatic heterocycles. The van der Waals surface area contributed by atoms with E-state index in [4.69, 9.17) is 19.4 Å². The maximum absolute atomic E-state index is 5.32. The van der Waals surface area contributed by atoms with Gasteiger partial charge in [0.25, 0.3) is 11.7 Å². The molecule has 2 aromatic heterocycles. The second-order valence-electron chi connectivity index (χ2n) is 3.85. The molecule has 0 aromatic carbocycles. The fraction of sp³-hybridized carbons (Fsp3) is 0.556. The highest BCUT2D eigenvalue weighted by atomic mass is 16.5. The summed E-state index contributed by atoms with van der Waals surface area (Å²) in [5.74, 6) is 0.913. The van der Waals surface area contributed by atoms with Gasteiger partial charge in [-0.15, -0.1) is 5.10 Å². The monoisotopic (exact) mass is 252 g/mol. The van der Waals surface area contributed by atoms with Gasteiger partial charge < -0.3 is 19.4 Å². The average Bonchev–Trinajstić information content (AvgIpc) is 2.99. The van der Waals surface area contributed by atoms with Gasteiger partial charge in [0.1, 0.15) is 0 Å². The summed E-state index contributed by atoms with van der Waals surface area (Å²) in [6.45, 7) is 3.73. The van der Waals surface area contributed by atoms with Gasteiger partial charge in [-0.2, -0.15) is 4.98 Å². The number of nitrogens with zero attached hydrogens (tertiary/aromatic N) is 5. The van der Waals surface area contributed by atoms with Gasteiger partial charge in [0, 0.05) is 13.1 Å². The molecule has 0 atom stereocenters. The van der Waals surface area contributed by atoms with Crippen molar-refractivity contribution in [3.63, 3.8) is 0 Å². The summed E-state index contributed by atoms with van der Waals surface area (Å²) in [7, 11) is 0. The van der Waals surface area contributed by atoms with E-state index in [0.717, 1.165) is 26.3 Å². The number of nitrogens with two attached hydrogens (primary N) is 1. The second-order valence-corrected chi connectivity index (χ2v) is 3.85. The average molecular weight is 252 g/mol. The van der Waals surface area contributed by atoms with Crippen LogP contribution in [-0.2, 0) is 11.3 Å². The molecule has 9 nitrogen and oxygen atoms in total. The first-order valence-corrected chi connectivity index (χ1v) is 5.53. The van der Waals surface area contributed by atoms with Crippen LogP contribution < -0.4 is 5.73 Å². The predicted octanol–water partition coefficient (Wildman–Crippen LogP) is -0.466. The summed E-state index contributed by atoms with van der Waals surface area (Å²) < 4.78 is 15.4. The minimum atomic E-state index is -0.0236. The van der Waals surface area contributed by atoms with Gasteiger partial charge in [0.15, 0.2) is 0 Å². The quantitative estimate of drug-likeness (QED) is 0.773. The number of nitrogen functional groups attached to an aromatic ring is 1. The molecule has 2 N–H and O–H groups in total. The van der Waals surface area contributed by atoms with Crippen molar-refractivity contribution < 1.29 is 13.7 Å². The molecule has 3 heterocycles. The number of morpholine rings is 1. The van der Waals surface area contributed by atoms with Crippen LogP contribution in [0.5, 0.6) is 0 Å². The van der Waals surface area contributed by atoms with Crippen molar-refractivity contribution in [3.05, 3.63) is 5.89 Å². The van der Waals surface area contributed by atoms with Gasteiger partial charge >= 0.3 is 6.01 Å². The highest BCUT2D eigenvalue weighted by molar-refractivity contribution is 5.38. The van der Waals surface area contributed by atoms with E-state index in [1.807, 2.05) is 0 Å². The summed E-state index contributed by atoms with van der Waals surface area (Å²) in [5, 5.41) is 11.0. The third-order valence-electron chi connectivity index (χ3n) is 2.56. The molecule has 18 heavy (non-hydrogen) atoms. The number of rotatable bonds is 3. The Morgan fingerprint density at radius 2 is 2.06 bits per heavy atom. The molecule has 0 aliphatic carbocycles. The highest BCUT2D eigenvalue weighted by Crippen LogP contribution is 2.15. The standard InChI is InChI=1S/C9H12N6O3/c10-9-13-12-8(17-9)7-11-6(18-14-7)5-15-1-3-16-4-2-15/h1-5H2,(H2,10,13). The molecule has 0 saturated carbocycles. The summed E-state index contributed by atoms with van der Waals surface area (Å²) in [4.78, 5) is 6.35. The van der Waals surface area contributed by atoms with Gasteiger partial charge in [-0.05, 0) is 0 Å². The predicted molar refractivity (Wildman–Crippen MR) is 58.1 cm³/mol. The molecule has 0 unspecified atom stereocenters. The molecule has 0 bridgehead atoms. The minimum Gasteiger partial charge on any atom is -0.400 e. The third kappa shape index (κ3) is 2.31. The fourth-order valence-corrected chi connectivity index (χ4v) is 1.68. The summed E-state index contributed by atoms with van der Waals surface area (Å²) in [5.41, 5.74) is 5.32. The molecule has 96 valence electrons. The molecule has 1 aliphatic rings. The van der Waals surface area contributed by atoms with Crippen LogP contribution in [0.15, 0.2) is 8.94 Å². The number of anilines is 1. The number of hydrogen-bond acceptors (Lipinski definition) is 9. The van der Waals surface area contributed by atoms with E-state index in [9.17, 15) is 0 Å². The van der Waals surface area contributed by atoms with E-state index in [2.05, 4.69) is 25.2 Å². The molecular formula is C9H12N6O3. The van der Waals surface area contributed by atoms with Crippen molar-refractivity contribution in [2.75, 3.05) is 32.0 Å². The molecule has 0 radical (unpaired) electrons. The van der Waals surface area contributed by atoms with Crippen LogP contribution >= 0.6 is 0 Å². The highest BCUT2D eigenvalue weighted by Gasteiger charge is 2.18. The first kappa shape index (κ1) is 11.1. The lowest BCUT2D eigenvalue weighted by molar-refractivity contribution is 0.0297. The van der Waals surface area contributed by atoms with Crippen molar-refractivity contribution in [2.24, 2.45) is 0 Å². The van der Waals surface area contributed by atoms with Crippen LogP contribution in [-0.4, -0.2) is 51.5 Å². The van der Waals surface area contributed by atoms with Crippen molar-refractivity contribution >= 4 is 6.01 Å². The lowest BCUT2D eigenvalue weighted by Gasteiger charge is -2.24. The maximum Gasteiger partial charge on any atom is 0.313 e. The van der Waals surface area contributed by atoms with Crippen LogP contribution in [0, 0.1) is 0 Å². The van der Waals surface area contributed by atoms with Crippen LogP contribution in [0.4, 0.5) is 6.01 Å². The molecule has 0 spiro atoms. The molecular weight excluding hydrogens is 240 g/mol. The fourth-order valence-electron chi connectivity index (χ4n) is 1.68. The molecule has 1 saturated heterocycles. The van der Waals surface area contributed by atoms with Crippen molar-refractivity contribution in [1.29, 1.82) is 0 Å². The van der Waals surface area contributed by atoms with Crippen molar-refractivity contribution in [2.45, 2.75) is 6.54 Å². The Bertz CT molecular complexity index is 518. The zero-order valence-electron chi connectivity index (χ0n) is 9.57. The third-order valence-corrected chi connectivity index (χ3v) is 2.56. The maximum atomic E-state index is 5.32. The Morgan fingerprint density at radius 3 is 2.78 bits per heavy atom. The Balaban J connectivity index is 1.69. The number of ether oxygens (including phenoxy) is 1. The Kier molecular flexibility index (Phi) is 2.90. The van der Waals surface area contributed by atoms with Gasteiger partial charge in [-0.3, -0.25) is 4.90 Å². The molecule has 3 rings (SSSR count). The zero-order chi connectivity index (χ0) is 12.4. The van der Waals surface area contributed by atoms with E-state index in [-0.39, 0.29) is 17.7 Å². The van der Waals surface area contributed by atoms with E-state index in [0.29, 0.717) is 12.4 Å². The smallest absolute Gasteiger partial charge is 0.313 e. The van der Waals surface area contributed by atoms with E-state index in [1.54, 1.807) is 0 Å². The summed E-state index contributed by atoms with van der Waals surface area (Å²) in [6, 6.07) is -0.0236. The van der Waals surface area contributed by atoms with E-state index in [1.165, 1.54) is 0 Å². The second kappa shape index (κ2) is 4.70. The number of aromatic nitrogens is 4. The van der Waals surface area contributed by atoms with Gasteiger partial charge in [0.05, 0.1) is 19.8 Å². The lowest BCUT2D eigenvalue weighted by atomic mass is 10.4. The zero-order valence-corrected chi connectivity index (χ0v) is 9.57. The minimum absolute atomic E-state index is 0.0236. The lowest BCUT2D eigenvalue weighted by Crippen LogP contribution is -2.35. The molecule has 9 heteroatoms. The normalized spacial score (nSPS) is 17.1.